The summed E-state index contributed by atoms with van der Waals surface area (Å²) < 4.78 is 0. The molecule has 1 aliphatic heterocycles. The molecule has 2 heterocycles. The van der Waals surface area contributed by atoms with Gasteiger partial charge in [0.15, 0.2) is 0 Å². The molecule has 0 aromatic carbocycles. The third-order valence-corrected chi connectivity index (χ3v) is 2.75. The topological polar surface area (TPSA) is 45.6 Å². The van der Waals surface area contributed by atoms with Crippen LogP contribution in [0.2, 0.25) is 0 Å². The highest BCUT2D eigenvalue weighted by Gasteiger charge is 2.19. The van der Waals surface area contributed by atoms with Gasteiger partial charge in [0.2, 0.25) is 0 Å². The van der Waals surface area contributed by atoms with Gasteiger partial charge in [-0.2, -0.15) is 0 Å². The van der Waals surface area contributed by atoms with Gasteiger partial charge in [-0.25, -0.2) is 0 Å². The molecule has 0 atom stereocenters. The van der Waals surface area contributed by atoms with Crippen LogP contribution < -0.4 is 4.90 Å². The van der Waals surface area contributed by atoms with E-state index in [1.807, 2.05) is 12.1 Å². The molecule has 0 unspecified atom stereocenters. The third-order valence-electron chi connectivity index (χ3n) is 2.75. The van der Waals surface area contributed by atoms with E-state index in [1.165, 1.54) is 6.21 Å². The largest absolute Gasteiger partial charge is 0.304 e. The summed E-state index contributed by atoms with van der Waals surface area (Å²) in [4.78, 5) is 21.7. The molecule has 17 heavy (non-hydrogen) atoms. The van der Waals surface area contributed by atoms with Crippen LogP contribution in [0.5, 0.6) is 0 Å². The van der Waals surface area contributed by atoms with Crippen molar-refractivity contribution in [1.82, 2.24) is 4.98 Å². The normalized spacial score (nSPS) is 16.4. The van der Waals surface area contributed by atoms with Crippen molar-refractivity contribution >= 4 is 17.8 Å². The molecule has 2 rings (SSSR count). The first kappa shape index (κ1) is 11.8. The van der Waals surface area contributed by atoms with Gasteiger partial charge in [0.1, 0.15) is 0 Å². The molecule has 0 saturated heterocycles. The smallest absolute Gasteiger partial charge is 0.269 e. The van der Waals surface area contributed by atoms with Gasteiger partial charge in [0.05, 0.1) is 24.6 Å². The van der Waals surface area contributed by atoms with Crippen LogP contribution in [0.15, 0.2) is 23.3 Å². The lowest BCUT2D eigenvalue weighted by atomic mass is 9.92. The summed E-state index contributed by atoms with van der Waals surface area (Å²) >= 11 is 0. The molecular weight excluding hydrogens is 214 g/mol. The molecule has 4 nitrogen and oxygen atoms in total. The van der Waals surface area contributed by atoms with Gasteiger partial charge in [0.25, 0.3) is 5.91 Å². The second kappa shape index (κ2) is 4.28. The molecular formula is C13H17N3O. The number of anilines is 1. The fourth-order valence-corrected chi connectivity index (χ4v) is 1.73. The predicted molar refractivity (Wildman–Crippen MR) is 68.6 cm³/mol. The lowest BCUT2D eigenvalue weighted by molar-refractivity contribution is -0.112. The molecule has 0 bridgehead atoms. The highest BCUT2D eigenvalue weighted by atomic mass is 16.2. The zero-order chi connectivity index (χ0) is 12.5. The molecule has 0 N–H and O–H groups in total. The van der Waals surface area contributed by atoms with Gasteiger partial charge < -0.3 is 4.90 Å². The van der Waals surface area contributed by atoms with Crippen molar-refractivity contribution in [2.75, 3.05) is 18.0 Å². The van der Waals surface area contributed by atoms with E-state index in [0.29, 0.717) is 13.1 Å². The van der Waals surface area contributed by atoms with E-state index in [9.17, 15) is 4.79 Å². The van der Waals surface area contributed by atoms with Crippen LogP contribution in [0.3, 0.4) is 0 Å². The Morgan fingerprint density at radius 1 is 1.29 bits per heavy atom. The first-order valence-electron chi connectivity index (χ1n) is 5.76. The van der Waals surface area contributed by atoms with Crippen LogP contribution in [-0.4, -0.2) is 30.2 Å². The Hall–Kier alpha value is -1.71. The van der Waals surface area contributed by atoms with Crippen molar-refractivity contribution in [3.05, 3.63) is 24.0 Å². The maximum absolute atomic E-state index is 11.6. The first-order chi connectivity index (χ1) is 7.98. The van der Waals surface area contributed by atoms with Crippen molar-refractivity contribution in [2.24, 2.45) is 4.99 Å². The molecule has 0 aliphatic carbocycles. The molecule has 1 aliphatic rings. The van der Waals surface area contributed by atoms with E-state index in [0.717, 1.165) is 11.4 Å². The molecule has 4 heteroatoms. The Kier molecular flexibility index (Phi) is 2.96. The summed E-state index contributed by atoms with van der Waals surface area (Å²) in [5.74, 6) is -0.0680. The van der Waals surface area contributed by atoms with Crippen molar-refractivity contribution in [3.8, 4) is 0 Å². The minimum atomic E-state index is -0.0680. The van der Waals surface area contributed by atoms with Crippen molar-refractivity contribution < 1.29 is 4.79 Å². The molecule has 0 spiro atoms. The summed E-state index contributed by atoms with van der Waals surface area (Å²) in [7, 11) is 0. The maximum atomic E-state index is 11.6. The Morgan fingerprint density at radius 2 is 2.06 bits per heavy atom. The number of hydrogen-bond donors (Lipinski definition) is 0. The van der Waals surface area contributed by atoms with Crippen molar-refractivity contribution in [1.29, 1.82) is 0 Å². The average molecular weight is 231 g/mol. The number of pyridine rings is 1. The van der Waals surface area contributed by atoms with E-state index in [2.05, 4.69) is 30.7 Å². The van der Waals surface area contributed by atoms with Crippen LogP contribution in [-0.2, 0) is 10.2 Å². The maximum Gasteiger partial charge on any atom is 0.269 e. The minimum absolute atomic E-state index is 0.0336. The van der Waals surface area contributed by atoms with Crippen LogP contribution in [0, 0.1) is 0 Å². The number of nitrogens with zero attached hydrogens (tertiary/aromatic N) is 3. The number of hydrogen-bond acceptors (Lipinski definition) is 3. The highest BCUT2D eigenvalue weighted by molar-refractivity contribution is 6.33. The zero-order valence-corrected chi connectivity index (χ0v) is 10.5. The summed E-state index contributed by atoms with van der Waals surface area (Å²) in [6.45, 7) is 7.65. The molecule has 0 saturated carbocycles. The van der Waals surface area contributed by atoms with E-state index < -0.39 is 0 Å². The molecule has 1 amide bonds. The average Bonchev–Trinajstić information content (AvgIpc) is 2.29. The van der Waals surface area contributed by atoms with Gasteiger partial charge in [-0.05, 0) is 12.1 Å². The number of rotatable bonds is 1. The van der Waals surface area contributed by atoms with Gasteiger partial charge in [-0.15, -0.1) is 0 Å². The number of amides is 1. The fourth-order valence-electron chi connectivity index (χ4n) is 1.73. The molecule has 0 fully saturated rings. The number of carbonyl (C=O) groups is 1. The standard InChI is InChI=1S/C13H17N3O/c1-13(2,3)11-5-4-10(8-15-11)16-7-6-14-9-12(16)17/h4-5,8-9H,6-7H2,1-3H3. The Morgan fingerprint density at radius 3 is 2.59 bits per heavy atom. The summed E-state index contributed by atoms with van der Waals surface area (Å²) in [6, 6.07) is 3.93. The first-order valence-corrected chi connectivity index (χ1v) is 5.76. The molecule has 90 valence electrons. The van der Waals surface area contributed by atoms with Crippen LogP contribution in [0.4, 0.5) is 5.69 Å². The predicted octanol–water partition coefficient (Wildman–Crippen LogP) is 1.80. The lowest BCUT2D eigenvalue weighted by Gasteiger charge is -2.24. The Bertz CT molecular complexity index is 443. The van der Waals surface area contributed by atoms with Crippen molar-refractivity contribution in [2.45, 2.75) is 26.2 Å². The second-order valence-electron chi connectivity index (χ2n) is 5.18. The third kappa shape index (κ3) is 2.52. The Balaban J connectivity index is 2.24. The number of carbonyl (C=O) groups excluding carboxylic acids is 1. The van der Waals surface area contributed by atoms with Crippen LogP contribution >= 0.6 is 0 Å². The SMILES string of the molecule is CC(C)(C)c1ccc(N2CCN=CC2=O)cn1. The summed E-state index contributed by atoms with van der Waals surface area (Å²) in [6.07, 6.45) is 3.14. The molecule has 1 aromatic rings. The van der Waals surface area contributed by atoms with Crippen LogP contribution in [0.1, 0.15) is 26.5 Å². The monoisotopic (exact) mass is 231 g/mol. The quantitative estimate of drug-likeness (QED) is 0.739. The van der Waals surface area contributed by atoms with E-state index in [4.69, 9.17) is 0 Å². The lowest BCUT2D eigenvalue weighted by Crippen LogP contribution is -2.37. The minimum Gasteiger partial charge on any atom is -0.304 e. The Labute approximate surface area is 101 Å². The van der Waals surface area contributed by atoms with Gasteiger partial charge in [-0.1, -0.05) is 20.8 Å². The van der Waals surface area contributed by atoms with Gasteiger partial charge >= 0.3 is 0 Å². The zero-order valence-electron chi connectivity index (χ0n) is 10.5. The van der Waals surface area contributed by atoms with Gasteiger partial charge in [0, 0.05) is 17.7 Å². The number of aliphatic imine (C=N–C) groups is 1. The van der Waals surface area contributed by atoms with E-state index in [-0.39, 0.29) is 11.3 Å². The molecule has 1 aromatic heterocycles. The summed E-state index contributed by atoms with van der Waals surface area (Å²) in [5.41, 5.74) is 1.90. The van der Waals surface area contributed by atoms with E-state index >= 15 is 0 Å². The molecule has 0 radical (unpaired) electrons. The van der Waals surface area contributed by atoms with Crippen molar-refractivity contribution in [3.63, 3.8) is 0 Å². The van der Waals surface area contributed by atoms with E-state index in [1.54, 1.807) is 11.1 Å². The summed E-state index contributed by atoms with van der Waals surface area (Å²) in [5, 5.41) is 0. The second-order valence-corrected chi connectivity index (χ2v) is 5.18. The number of aromatic nitrogens is 1. The van der Waals surface area contributed by atoms with Gasteiger partial charge in [-0.3, -0.25) is 14.8 Å². The fraction of sp³-hybridized carbons (Fsp3) is 0.462. The van der Waals surface area contributed by atoms with Crippen LogP contribution in [0.25, 0.3) is 0 Å². The highest BCUT2D eigenvalue weighted by Crippen LogP contribution is 2.22.